The zero-order valence-electron chi connectivity index (χ0n) is 8.10. The first-order valence-electron chi connectivity index (χ1n) is 4.07. The van der Waals surface area contributed by atoms with Gasteiger partial charge in [-0.2, -0.15) is 0 Å². The van der Waals surface area contributed by atoms with Crippen LogP contribution in [0.2, 0.25) is 19.6 Å². The first-order valence-corrected chi connectivity index (χ1v) is 7.48. The maximum Gasteiger partial charge on any atom is 0.184 e. The summed E-state index contributed by atoms with van der Waals surface area (Å²) in [5.74, 6) is 0.201. The second kappa shape index (κ2) is 4.02. The molecule has 2 nitrogen and oxygen atoms in total. The highest BCUT2D eigenvalue weighted by Crippen LogP contribution is 2.08. The molecule has 0 aromatic rings. The third-order valence-electron chi connectivity index (χ3n) is 1.33. The van der Waals surface area contributed by atoms with Gasteiger partial charge in [-0.25, -0.2) is 0 Å². The number of rotatable bonds is 4. The summed E-state index contributed by atoms with van der Waals surface area (Å²) in [5, 5.41) is 0. The van der Waals surface area contributed by atoms with Gasteiger partial charge in [-0.1, -0.05) is 6.92 Å². The van der Waals surface area contributed by atoms with Crippen molar-refractivity contribution in [2.24, 2.45) is 0 Å². The molecule has 0 aliphatic heterocycles. The summed E-state index contributed by atoms with van der Waals surface area (Å²) in [4.78, 5) is 11.1. The number of carbonyl (C=O) groups excluding carboxylic acids is 1. The molecular weight excluding hydrogens is 156 g/mol. The number of hydrogen-bond acceptors (Lipinski definition) is 2. The van der Waals surface area contributed by atoms with Crippen LogP contribution in [0.4, 0.5) is 0 Å². The van der Waals surface area contributed by atoms with Crippen molar-refractivity contribution < 1.29 is 9.22 Å². The van der Waals surface area contributed by atoms with E-state index >= 15 is 0 Å². The van der Waals surface area contributed by atoms with Gasteiger partial charge in [0, 0.05) is 6.42 Å². The fourth-order valence-electron chi connectivity index (χ4n) is 0.884. The van der Waals surface area contributed by atoms with Crippen LogP contribution in [0, 0.1) is 0 Å². The largest absolute Gasteiger partial charge is 0.408 e. The van der Waals surface area contributed by atoms with Gasteiger partial charge < -0.3 is 4.43 Å². The Morgan fingerprint density at radius 3 is 2.18 bits per heavy atom. The normalized spacial score (nSPS) is 14.6. The molecule has 0 saturated heterocycles. The number of hydrogen-bond donors (Lipinski definition) is 0. The van der Waals surface area contributed by atoms with Crippen LogP contribution in [-0.4, -0.2) is 20.2 Å². The van der Waals surface area contributed by atoms with Crippen molar-refractivity contribution in [3.63, 3.8) is 0 Å². The van der Waals surface area contributed by atoms with E-state index in [0.29, 0.717) is 6.42 Å². The molecule has 66 valence electrons. The molecular formula is C8H18O2Si. The van der Waals surface area contributed by atoms with Crippen molar-refractivity contribution in [2.45, 2.75) is 46.0 Å². The Labute approximate surface area is 70.1 Å². The van der Waals surface area contributed by atoms with E-state index in [4.69, 9.17) is 4.43 Å². The molecule has 0 bridgehead atoms. The standard InChI is InChI=1S/C8H18O2Si/c1-6-8(9)7(2)10-11(3,4)5/h7H,6H2,1-5H3. The molecule has 0 amide bonds. The minimum absolute atomic E-state index is 0.201. The molecule has 1 atom stereocenters. The zero-order valence-corrected chi connectivity index (χ0v) is 9.10. The summed E-state index contributed by atoms with van der Waals surface area (Å²) in [6.07, 6.45) is 0.373. The van der Waals surface area contributed by atoms with Gasteiger partial charge in [0.2, 0.25) is 0 Å². The molecule has 0 aromatic carbocycles. The van der Waals surface area contributed by atoms with Crippen molar-refractivity contribution >= 4 is 14.1 Å². The second-order valence-electron chi connectivity index (χ2n) is 3.69. The van der Waals surface area contributed by atoms with Crippen LogP contribution >= 0.6 is 0 Å². The molecule has 0 saturated carbocycles. The molecule has 11 heavy (non-hydrogen) atoms. The zero-order chi connectivity index (χ0) is 9.07. The maximum absolute atomic E-state index is 11.1. The fourth-order valence-corrected chi connectivity index (χ4v) is 2.08. The van der Waals surface area contributed by atoms with E-state index in [1.54, 1.807) is 0 Å². The fraction of sp³-hybridized carbons (Fsp3) is 0.875. The minimum Gasteiger partial charge on any atom is -0.408 e. The first-order chi connectivity index (χ1) is 4.87. The van der Waals surface area contributed by atoms with E-state index in [9.17, 15) is 4.79 Å². The van der Waals surface area contributed by atoms with Crippen molar-refractivity contribution in [1.29, 1.82) is 0 Å². The van der Waals surface area contributed by atoms with Gasteiger partial charge in [0.25, 0.3) is 0 Å². The second-order valence-corrected chi connectivity index (χ2v) is 8.15. The number of Topliss-reactive ketones (excluding diaryl/α,β-unsaturated/α-hetero) is 1. The monoisotopic (exact) mass is 174 g/mol. The lowest BCUT2D eigenvalue weighted by molar-refractivity contribution is -0.125. The average molecular weight is 174 g/mol. The molecule has 0 heterocycles. The van der Waals surface area contributed by atoms with Gasteiger partial charge in [0.05, 0.1) is 0 Å². The highest BCUT2D eigenvalue weighted by Gasteiger charge is 2.21. The minimum atomic E-state index is -1.52. The van der Waals surface area contributed by atoms with Crippen LogP contribution in [0.25, 0.3) is 0 Å². The van der Waals surface area contributed by atoms with Crippen molar-refractivity contribution in [3.05, 3.63) is 0 Å². The summed E-state index contributed by atoms with van der Waals surface area (Å²) in [7, 11) is -1.52. The van der Waals surface area contributed by atoms with Crippen LogP contribution in [0.3, 0.4) is 0 Å². The molecule has 0 fully saturated rings. The Balaban J connectivity index is 3.87. The Kier molecular flexibility index (Phi) is 3.96. The third-order valence-corrected chi connectivity index (χ3v) is 2.39. The molecule has 0 N–H and O–H groups in total. The van der Waals surface area contributed by atoms with Crippen LogP contribution in [0.5, 0.6) is 0 Å². The van der Waals surface area contributed by atoms with Crippen molar-refractivity contribution in [2.75, 3.05) is 0 Å². The lowest BCUT2D eigenvalue weighted by Crippen LogP contribution is -2.34. The van der Waals surface area contributed by atoms with Gasteiger partial charge in [0.15, 0.2) is 14.1 Å². The van der Waals surface area contributed by atoms with E-state index < -0.39 is 8.32 Å². The lowest BCUT2D eigenvalue weighted by atomic mass is 10.2. The molecule has 0 aliphatic carbocycles. The third kappa shape index (κ3) is 5.15. The van der Waals surface area contributed by atoms with Crippen LogP contribution in [-0.2, 0) is 9.22 Å². The van der Waals surface area contributed by atoms with E-state index in [1.165, 1.54) is 0 Å². The highest BCUT2D eigenvalue weighted by molar-refractivity contribution is 6.69. The molecule has 0 rings (SSSR count). The number of carbonyl (C=O) groups is 1. The Morgan fingerprint density at radius 2 is 1.91 bits per heavy atom. The Hall–Kier alpha value is -0.153. The van der Waals surface area contributed by atoms with Gasteiger partial charge in [-0.3, -0.25) is 4.79 Å². The van der Waals surface area contributed by atoms with Crippen LogP contribution in [0.1, 0.15) is 20.3 Å². The lowest BCUT2D eigenvalue weighted by Gasteiger charge is -2.21. The smallest absolute Gasteiger partial charge is 0.184 e. The van der Waals surface area contributed by atoms with Crippen LogP contribution in [0.15, 0.2) is 0 Å². The number of ketones is 1. The molecule has 0 aliphatic rings. The summed E-state index contributed by atoms with van der Waals surface area (Å²) >= 11 is 0. The Morgan fingerprint density at radius 1 is 1.45 bits per heavy atom. The van der Waals surface area contributed by atoms with Gasteiger partial charge in [-0.05, 0) is 26.6 Å². The maximum atomic E-state index is 11.1. The predicted octanol–water partition coefficient (Wildman–Crippen LogP) is 2.21. The van der Waals surface area contributed by atoms with Gasteiger partial charge in [0.1, 0.15) is 6.10 Å². The van der Waals surface area contributed by atoms with E-state index in [1.807, 2.05) is 13.8 Å². The SMILES string of the molecule is CCC(=O)C(C)O[Si](C)(C)C. The molecule has 0 spiro atoms. The van der Waals surface area contributed by atoms with Gasteiger partial charge >= 0.3 is 0 Å². The van der Waals surface area contributed by atoms with Crippen molar-refractivity contribution in [3.8, 4) is 0 Å². The van der Waals surface area contributed by atoms with E-state index in [2.05, 4.69) is 19.6 Å². The molecule has 0 radical (unpaired) electrons. The van der Waals surface area contributed by atoms with Crippen molar-refractivity contribution in [1.82, 2.24) is 0 Å². The van der Waals surface area contributed by atoms with Gasteiger partial charge in [-0.15, -0.1) is 0 Å². The molecule has 0 aromatic heterocycles. The molecule has 1 unspecified atom stereocenters. The van der Waals surface area contributed by atoms with E-state index in [-0.39, 0.29) is 11.9 Å². The van der Waals surface area contributed by atoms with E-state index in [0.717, 1.165) is 0 Å². The summed E-state index contributed by atoms with van der Waals surface area (Å²) in [5.41, 5.74) is 0. The summed E-state index contributed by atoms with van der Waals surface area (Å²) < 4.78 is 5.58. The molecule has 3 heteroatoms. The van der Waals surface area contributed by atoms with Crippen LogP contribution < -0.4 is 0 Å². The summed E-state index contributed by atoms with van der Waals surface area (Å²) in [6.45, 7) is 9.97. The Bertz CT molecular complexity index is 138. The summed E-state index contributed by atoms with van der Waals surface area (Å²) in [6, 6.07) is 0. The highest BCUT2D eigenvalue weighted by atomic mass is 28.4. The topological polar surface area (TPSA) is 26.3 Å². The quantitative estimate of drug-likeness (QED) is 0.611. The average Bonchev–Trinajstić information content (AvgIpc) is 1.82. The predicted molar refractivity (Wildman–Crippen MR) is 49.2 cm³/mol. The first kappa shape index (κ1) is 10.8.